The van der Waals surface area contributed by atoms with E-state index in [0.29, 0.717) is 10.1 Å². The van der Waals surface area contributed by atoms with Gasteiger partial charge in [0, 0.05) is 16.6 Å². The summed E-state index contributed by atoms with van der Waals surface area (Å²) in [5.41, 5.74) is 5.71. The fourth-order valence-corrected chi connectivity index (χ4v) is 1.86. The Morgan fingerprint density at radius 3 is 2.50 bits per heavy atom. The topological polar surface area (TPSA) is 53.2 Å². The van der Waals surface area contributed by atoms with Crippen molar-refractivity contribution in [2.45, 2.75) is 26.3 Å². The third-order valence-corrected chi connectivity index (χ3v) is 2.66. The SMILES string of the molecule is CC(C)(C)NC(=S)NNC(=O)/C=C/c1ccccc1Cl. The van der Waals surface area contributed by atoms with Crippen LogP contribution in [0.5, 0.6) is 0 Å². The second-order valence-electron chi connectivity index (χ2n) is 5.17. The van der Waals surface area contributed by atoms with Gasteiger partial charge in [-0.3, -0.25) is 15.6 Å². The molecule has 0 aliphatic heterocycles. The van der Waals surface area contributed by atoms with Gasteiger partial charge in [-0.2, -0.15) is 0 Å². The summed E-state index contributed by atoms with van der Waals surface area (Å²) in [5.74, 6) is -0.317. The molecule has 1 rings (SSSR count). The fraction of sp³-hybridized carbons (Fsp3) is 0.286. The van der Waals surface area contributed by atoms with Crippen molar-refractivity contribution in [3.8, 4) is 0 Å². The Labute approximate surface area is 129 Å². The third-order valence-electron chi connectivity index (χ3n) is 2.11. The fourth-order valence-electron chi connectivity index (χ4n) is 1.31. The van der Waals surface area contributed by atoms with E-state index in [-0.39, 0.29) is 11.4 Å². The molecule has 0 saturated carbocycles. The molecule has 0 heterocycles. The number of hydrogen-bond donors (Lipinski definition) is 3. The van der Waals surface area contributed by atoms with Crippen molar-refractivity contribution in [3.63, 3.8) is 0 Å². The van der Waals surface area contributed by atoms with Crippen LogP contribution in [-0.4, -0.2) is 16.6 Å². The first kappa shape index (κ1) is 16.5. The molecule has 0 saturated heterocycles. The molecule has 1 amide bonds. The van der Waals surface area contributed by atoms with Crippen LogP contribution in [-0.2, 0) is 4.79 Å². The highest BCUT2D eigenvalue weighted by molar-refractivity contribution is 7.80. The summed E-state index contributed by atoms with van der Waals surface area (Å²) in [6.07, 6.45) is 3.02. The van der Waals surface area contributed by atoms with Gasteiger partial charge in [0.15, 0.2) is 5.11 Å². The molecule has 1 aromatic carbocycles. The third kappa shape index (κ3) is 6.54. The van der Waals surface area contributed by atoms with Gasteiger partial charge < -0.3 is 5.32 Å². The average molecular weight is 312 g/mol. The van der Waals surface area contributed by atoms with Gasteiger partial charge >= 0.3 is 0 Å². The number of rotatable bonds is 2. The quantitative estimate of drug-likeness (QED) is 0.446. The molecule has 0 fully saturated rings. The molecular formula is C14H18ClN3OS. The summed E-state index contributed by atoms with van der Waals surface area (Å²) >= 11 is 11.0. The average Bonchev–Trinajstić information content (AvgIpc) is 2.33. The summed E-state index contributed by atoms with van der Waals surface area (Å²) in [6.45, 7) is 5.92. The van der Waals surface area contributed by atoms with Gasteiger partial charge in [0.05, 0.1) is 0 Å². The molecule has 0 spiro atoms. The maximum atomic E-state index is 11.6. The molecule has 0 bridgehead atoms. The first-order valence-corrected chi connectivity index (χ1v) is 6.87. The van der Waals surface area contributed by atoms with Crippen LogP contribution in [0, 0.1) is 0 Å². The molecule has 3 N–H and O–H groups in total. The van der Waals surface area contributed by atoms with E-state index < -0.39 is 0 Å². The maximum Gasteiger partial charge on any atom is 0.262 e. The number of halogens is 1. The summed E-state index contributed by atoms with van der Waals surface area (Å²) in [5, 5.41) is 3.97. The van der Waals surface area contributed by atoms with Crippen LogP contribution in [0.25, 0.3) is 6.08 Å². The van der Waals surface area contributed by atoms with Gasteiger partial charge in [-0.25, -0.2) is 0 Å². The number of carbonyl (C=O) groups is 1. The van der Waals surface area contributed by atoms with Crippen LogP contribution in [0.3, 0.4) is 0 Å². The van der Waals surface area contributed by atoms with Crippen molar-refractivity contribution in [1.29, 1.82) is 0 Å². The summed E-state index contributed by atoms with van der Waals surface area (Å²) in [7, 11) is 0. The maximum absolute atomic E-state index is 11.6. The predicted octanol–water partition coefficient (Wildman–Crippen LogP) is 2.65. The van der Waals surface area contributed by atoms with E-state index in [1.165, 1.54) is 6.08 Å². The zero-order valence-electron chi connectivity index (χ0n) is 11.7. The van der Waals surface area contributed by atoms with Crippen LogP contribution >= 0.6 is 23.8 Å². The Morgan fingerprint density at radius 1 is 1.25 bits per heavy atom. The molecule has 20 heavy (non-hydrogen) atoms. The lowest BCUT2D eigenvalue weighted by atomic mass is 10.1. The summed E-state index contributed by atoms with van der Waals surface area (Å²) < 4.78 is 0. The number of carbonyl (C=O) groups excluding carboxylic acids is 1. The predicted molar refractivity (Wildman–Crippen MR) is 87.3 cm³/mol. The molecule has 6 heteroatoms. The van der Waals surface area contributed by atoms with Crippen molar-refractivity contribution in [2.75, 3.05) is 0 Å². The van der Waals surface area contributed by atoms with Gasteiger partial charge in [0.25, 0.3) is 5.91 Å². The first-order valence-electron chi connectivity index (χ1n) is 6.09. The second-order valence-corrected chi connectivity index (χ2v) is 5.99. The molecular weight excluding hydrogens is 294 g/mol. The number of hydrogen-bond acceptors (Lipinski definition) is 2. The van der Waals surface area contributed by atoms with Crippen LogP contribution < -0.4 is 16.2 Å². The van der Waals surface area contributed by atoms with Crippen LogP contribution in [0.2, 0.25) is 5.02 Å². The number of hydrazine groups is 1. The van der Waals surface area contributed by atoms with Crippen molar-refractivity contribution < 1.29 is 4.79 Å². The molecule has 0 atom stereocenters. The normalized spacial score (nSPS) is 11.2. The minimum absolute atomic E-state index is 0.164. The Balaban J connectivity index is 2.45. The van der Waals surface area contributed by atoms with Crippen molar-refractivity contribution >= 4 is 40.9 Å². The van der Waals surface area contributed by atoms with E-state index in [2.05, 4.69) is 16.2 Å². The highest BCUT2D eigenvalue weighted by Gasteiger charge is 2.10. The van der Waals surface area contributed by atoms with Crippen LogP contribution in [0.4, 0.5) is 0 Å². The summed E-state index contributed by atoms with van der Waals surface area (Å²) in [4.78, 5) is 11.6. The standard InChI is InChI=1S/C14H18ClN3OS/c1-14(2,3)16-13(20)18-17-12(19)9-8-10-6-4-5-7-11(10)15/h4-9H,1-3H3,(H,17,19)(H2,16,18,20)/b9-8+. The lowest BCUT2D eigenvalue weighted by molar-refractivity contribution is -0.117. The van der Waals surface area contributed by atoms with E-state index in [9.17, 15) is 4.79 Å². The van der Waals surface area contributed by atoms with Crippen molar-refractivity contribution in [1.82, 2.24) is 16.2 Å². The van der Waals surface area contributed by atoms with Crippen molar-refractivity contribution in [3.05, 3.63) is 40.9 Å². The highest BCUT2D eigenvalue weighted by Crippen LogP contribution is 2.15. The molecule has 0 aliphatic carbocycles. The highest BCUT2D eigenvalue weighted by atomic mass is 35.5. The van der Waals surface area contributed by atoms with E-state index >= 15 is 0 Å². The van der Waals surface area contributed by atoms with E-state index in [1.807, 2.05) is 39.0 Å². The number of nitrogens with one attached hydrogen (secondary N) is 3. The first-order chi connectivity index (χ1) is 9.28. The Hall–Kier alpha value is -1.59. The van der Waals surface area contributed by atoms with Gasteiger partial charge in [-0.1, -0.05) is 29.8 Å². The smallest absolute Gasteiger partial charge is 0.262 e. The van der Waals surface area contributed by atoms with E-state index in [4.69, 9.17) is 23.8 Å². The molecule has 4 nitrogen and oxygen atoms in total. The minimum atomic E-state index is -0.317. The van der Waals surface area contributed by atoms with Gasteiger partial charge in [-0.05, 0) is 50.7 Å². The zero-order chi connectivity index (χ0) is 15.2. The van der Waals surface area contributed by atoms with Crippen LogP contribution in [0.1, 0.15) is 26.3 Å². The van der Waals surface area contributed by atoms with E-state index in [1.54, 1.807) is 12.1 Å². The Kier molecular flexibility index (Phi) is 5.98. The molecule has 0 aliphatic rings. The number of thiocarbonyl (C=S) groups is 1. The Bertz CT molecular complexity index is 523. The van der Waals surface area contributed by atoms with Gasteiger partial charge in [0.1, 0.15) is 0 Å². The number of amides is 1. The van der Waals surface area contributed by atoms with Crippen molar-refractivity contribution in [2.24, 2.45) is 0 Å². The lowest BCUT2D eigenvalue weighted by Crippen LogP contribution is -2.51. The van der Waals surface area contributed by atoms with Crippen LogP contribution in [0.15, 0.2) is 30.3 Å². The molecule has 0 unspecified atom stereocenters. The molecule has 0 radical (unpaired) electrons. The molecule has 1 aromatic rings. The van der Waals surface area contributed by atoms with Gasteiger partial charge in [0.2, 0.25) is 0 Å². The zero-order valence-corrected chi connectivity index (χ0v) is 13.2. The number of benzene rings is 1. The van der Waals surface area contributed by atoms with E-state index in [0.717, 1.165) is 5.56 Å². The molecule has 0 aromatic heterocycles. The largest absolute Gasteiger partial charge is 0.357 e. The van der Waals surface area contributed by atoms with Gasteiger partial charge in [-0.15, -0.1) is 0 Å². The molecule has 108 valence electrons. The second kappa shape index (κ2) is 7.26. The Morgan fingerprint density at radius 2 is 1.90 bits per heavy atom. The minimum Gasteiger partial charge on any atom is -0.357 e. The lowest BCUT2D eigenvalue weighted by Gasteiger charge is -2.22. The summed E-state index contributed by atoms with van der Waals surface area (Å²) in [6, 6.07) is 7.27. The monoisotopic (exact) mass is 311 g/mol.